The van der Waals surface area contributed by atoms with Gasteiger partial charge in [-0.25, -0.2) is 4.98 Å². The van der Waals surface area contributed by atoms with Gasteiger partial charge in [0.15, 0.2) is 0 Å². The third-order valence-corrected chi connectivity index (χ3v) is 5.99. The van der Waals surface area contributed by atoms with Crippen LogP contribution in [0, 0.1) is 0 Å². The van der Waals surface area contributed by atoms with Crippen LogP contribution in [0.25, 0.3) is 20.7 Å². The van der Waals surface area contributed by atoms with Crippen molar-refractivity contribution in [1.29, 1.82) is 0 Å². The summed E-state index contributed by atoms with van der Waals surface area (Å²) in [6, 6.07) is 12.2. The molecular weight excluding hydrogens is 362 g/mol. The molecule has 0 saturated heterocycles. The molecule has 0 bridgehead atoms. The standard InChI is InChI=1S/C20H17N3OS2/c1-13(2)15-7-5-14(6-8-15)10-22-23-12-21-19-18(20(23)24)16(11-26-19)17-4-3-9-25-17/h3-13H,1-2H3/b22-10-. The Kier molecular flexibility index (Phi) is 4.53. The van der Waals surface area contributed by atoms with E-state index in [2.05, 4.69) is 36.1 Å². The summed E-state index contributed by atoms with van der Waals surface area (Å²) >= 11 is 3.10. The van der Waals surface area contributed by atoms with Crippen LogP contribution in [-0.4, -0.2) is 15.9 Å². The molecule has 0 saturated carbocycles. The summed E-state index contributed by atoms with van der Waals surface area (Å²) in [6.45, 7) is 4.32. The molecule has 0 aliphatic carbocycles. The molecular formula is C20H17N3OS2. The fourth-order valence-corrected chi connectivity index (χ4v) is 4.44. The Morgan fingerprint density at radius 2 is 1.96 bits per heavy atom. The van der Waals surface area contributed by atoms with Crippen molar-refractivity contribution in [2.45, 2.75) is 19.8 Å². The van der Waals surface area contributed by atoms with Crippen molar-refractivity contribution in [3.63, 3.8) is 0 Å². The van der Waals surface area contributed by atoms with Gasteiger partial charge in [0.25, 0.3) is 5.56 Å². The minimum absolute atomic E-state index is 0.144. The molecule has 6 heteroatoms. The first-order valence-electron chi connectivity index (χ1n) is 8.30. The van der Waals surface area contributed by atoms with Crippen molar-refractivity contribution >= 4 is 39.1 Å². The molecule has 0 amide bonds. The van der Waals surface area contributed by atoms with Crippen molar-refractivity contribution in [1.82, 2.24) is 9.66 Å². The number of benzene rings is 1. The summed E-state index contributed by atoms with van der Waals surface area (Å²) < 4.78 is 1.31. The molecule has 4 aromatic rings. The molecule has 0 aliphatic heterocycles. The van der Waals surface area contributed by atoms with E-state index in [1.165, 1.54) is 27.9 Å². The third kappa shape index (κ3) is 3.13. The van der Waals surface area contributed by atoms with Crippen LogP contribution in [0.15, 0.2) is 63.4 Å². The number of hydrogen-bond acceptors (Lipinski definition) is 5. The molecule has 0 N–H and O–H groups in total. The van der Waals surface area contributed by atoms with Crippen LogP contribution in [0.5, 0.6) is 0 Å². The van der Waals surface area contributed by atoms with Crippen molar-refractivity contribution in [3.05, 3.63) is 75.0 Å². The van der Waals surface area contributed by atoms with Gasteiger partial charge in [0.1, 0.15) is 11.2 Å². The number of aromatic nitrogens is 2. The number of nitrogens with zero attached hydrogens (tertiary/aromatic N) is 3. The zero-order valence-electron chi connectivity index (χ0n) is 14.4. The molecule has 0 radical (unpaired) electrons. The molecule has 1 aromatic carbocycles. The molecule has 130 valence electrons. The van der Waals surface area contributed by atoms with E-state index in [0.29, 0.717) is 11.3 Å². The molecule has 0 unspecified atom stereocenters. The lowest BCUT2D eigenvalue weighted by Gasteiger charge is -2.04. The van der Waals surface area contributed by atoms with Gasteiger partial charge < -0.3 is 0 Å². The first kappa shape index (κ1) is 16.9. The van der Waals surface area contributed by atoms with Gasteiger partial charge >= 0.3 is 0 Å². The predicted octanol–water partition coefficient (Wildman–Crippen LogP) is 5.19. The summed E-state index contributed by atoms with van der Waals surface area (Å²) in [5.74, 6) is 0.490. The lowest BCUT2D eigenvalue weighted by Crippen LogP contribution is -2.16. The largest absolute Gasteiger partial charge is 0.283 e. The average Bonchev–Trinajstić information content (AvgIpc) is 3.31. The van der Waals surface area contributed by atoms with Gasteiger partial charge in [0, 0.05) is 15.8 Å². The van der Waals surface area contributed by atoms with Crippen molar-refractivity contribution < 1.29 is 0 Å². The van der Waals surface area contributed by atoms with E-state index >= 15 is 0 Å². The SMILES string of the molecule is CC(C)c1ccc(/C=N\n2cnc3scc(-c4cccs4)c3c2=O)cc1. The second kappa shape index (κ2) is 6.97. The van der Waals surface area contributed by atoms with Crippen LogP contribution in [0.4, 0.5) is 0 Å². The smallest absolute Gasteiger partial charge is 0.267 e. The molecule has 0 fully saturated rings. The number of hydrogen-bond donors (Lipinski definition) is 0. The molecule has 0 aliphatic rings. The van der Waals surface area contributed by atoms with Gasteiger partial charge in [-0.1, -0.05) is 44.2 Å². The van der Waals surface area contributed by atoms with Gasteiger partial charge in [-0.15, -0.1) is 22.7 Å². The second-order valence-corrected chi connectivity index (χ2v) is 8.07. The monoisotopic (exact) mass is 379 g/mol. The third-order valence-electron chi connectivity index (χ3n) is 4.20. The number of fused-ring (bicyclic) bond motifs is 1. The zero-order chi connectivity index (χ0) is 18.1. The maximum atomic E-state index is 12.9. The van der Waals surface area contributed by atoms with Crippen LogP contribution >= 0.6 is 22.7 Å². The zero-order valence-corrected chi connectivity index (χ0v) is 16.1. The molecule has 26 heavy (non-hydrogen) atoms. The van der Waals surface area contributed by atoms with E-state index in [1.807, 2.05) is 35.0 Å². The van der Waals surface area contributed by atoms with E-state index in [1.54, 1.807) is 17.6 Å². The van der Waals surface area contributed by atoms with Gasteiger partial charge in [0.05, 0.1) is 11.6 Å². The maximum Gasteiger partial charge on any atom is 0.283 e. The lowest BCUT2D eigenvalue weighted by molar-refractivity contribution is 0.819. The summed E-state index contributed by atoms with van der Waals surface area (Å²) in [4.78, 5) is 19.1. The molecule has 3 aromatic heterocycles. The normalized spacial score (nSPS) is 11.8. The average molecular weight is 380 g/mol. The quantitative estimate of drug-likeness (QED) is 0.458. The Morgan fingerprint density at radius 1 is 1.15 bits per heavy atom. The highest BCUT2D eigenvalue weighted by Gasteiger charge is 2.13. The van der Waals surface area contributed by atoms with E-state index in [4.69, 9.17) is 0 Å². The van der Waals surface area contributed by atoms with Crippen LogP contribution in [-0.2, 0) is 0 Å². The van der Waals surface area contributed by atoms with Gasteiger partial charge in [0.2, 0.25) is 0 Å². The molecule has 4 nitrogen and oxygen atoms in total. The Labute approximate surface area is 159 Å². The van der Waals surface area contributed by atoms with Crippen LogP contribution in [0.3, 0.4) is 0 Å². The first-order chi connectivity index (χ1) is 12.6. The van der Waals surface area contributed by atoms with Gasteiger partial charge in [-0.3, -0.25) is 4.79 Å². The van der Waals surface area contributed by atoms with Crippen molar-refractivity contribution in [2.75, 3.05) is 0 Å². The highest BCUT2D eigenvalue weighted by molar-refractivity contribution is 7.18. The van der Waals surface area contributed by atoms with Gasteiger partial charge in [-0.2, -0.15) is 9.78 Å². The van der Waals surface area contributed by atoms with Crippen molar-refractivity contribution in [3.8, 4) is 10.4 Å². The highest BCUT2D eigenvalue weighted by Crippen LogP contribution is 2.33. The van der Waals surface area contributed by atoms with E-state index < -0.39 is 0 Å². The molecule has 0 spiro atoms. The predicted molar refractivity (Wildman–Crippen MR) is 111 cm³/mol. The fraction of sp³-hybridized carbons (Fsp3) is 0.150. The maximum absolute atomic E-state index is 12.9. The molecule has 0 atom stereocenters. The van der Waals surface area contributed by atoms with Crippen molar-refractivity contribution in [2.24, 2.45) is 5.10 Å². The van der Waals surface area contributed by atoms with E-state index in [9.17, 15) is 4.79 Å². The Morgan fingerprint density at radius 3 is 2.65 bits per heavy atom. The van der Waals surface area contributed by atoms with Crippen LogP contribution in [0.2, 0.25) is 0 Å². The summed E-state index contributed by atoms with van der Waals surface area (Å²) in [6.07, 6.45) is 3.18. The van der Waals surface area contributed by atoms with E-state index in [-0.39, 0.29) is 5.56 Å². The first-order valence-corrected chi connectivity index (χ1v) is 10.1. The van der Waals surface area contributed by atoms with Crippen LogP contribution in [0.1, 0.15) is 30.9 Å². The lowest BCUT2D eigenvalue weighted by atomic mass is 10.0. The molecule has 4 rings (SSSR count). The minimum Gasteiger partial charge on any atom is -0.267 e. The minimum atomic E-state index is -0.144. The second-order valence-electron chi connectivity index (χ2n) is 6.27. The van der Waals surface area contributed by atoms with E-state index in [0.717, 1.165) is 20.8 Å². The highest BCUT2D eigenvalue weighted by atomic mass is 32.1. The number of thiophene rings is 2. The van der Waals surface area contributed by atoms with Gasteiger partial charge in [-0.05, 0) is 28.5 Å². The fourth-order valence-electron chi connectivity index (χ4n) is 2.71. The summed E-state index contributed by atoms with van der Waals surface area (Å²) in [5, 5.41) is 8.96. The Hall–Kier alpha value is -2.57. The van der Waals surface area contributed by atoms with Crippen LogP contribution < -0.4 is 5.56 Å². The summed E-state index contributed by atoms with van der Waals surface area (Å²) in [7, 11) is 0. The summed E-state index contributed by atoms with van der Waals surface area (Å²) in [5.41, 5.74) is 3.02. The topological polar surface area (TPSA) is 47.2 Å². The Balaban J connectivity index is 1.72. The Bertz CT molecular complexity index is 1120. The molecule has 3 heterocycles. The number of rotatable bonds is 4.